The van der Waals surface area contributed by atoms with Crippen LogP contribution in [0.3, 0.4) is 0 Å². The van der Waals surface area contributed by atoms with E-state index in [2.05, 4.69) is 20.1 Å². The first-order chi connectivity index (χ1) is 15.4. The molecule has 1 aromatic carbocycles. The summed E-state index contributed by atoms with van der Waals surface area (Å²) in [5.74, 6) is 0.597. The second kappa shape index (κ2) is 9.48. The Morgan fingerprint density at radius 1 is 1.00 bits per heavy atom. The molecule has 0 aliphatic carbocycles. The molecule has 0 bridgehead atoms. The molecule has 1 fully saturated rings. The fourth-order valence-electron chi connectivity index (χ4n) is 3.61. The zero-order valence-corrected chi connectivity index (χ0v) is 18.8. The topological polar surface area (TPSA) is 78.6 Å². The number of hydrogen-bond donors (Lipinski definition) is 0. The summed E-state index contributed by atoms with van der Waals surface area (Å²) in [5, 5.41) is 3.83. The highest BCUT2D eigenvalue weighted by Crippen LogP contribution is 2.31. The van der Waals surface area contributed by atoms with Crippen LogP contribution in [0.25, 0.3) is 22.4 Å². The van der Waals surface area contributed by atoms with Crippen LogP contribution in [0.5, 0.6) is 0 Å². The Morgan fingerprint density at radius 2 is 1.75 bits per heavy atom. The molecular weight excluding hydrogens is 407 g/mol. The summed E-state index contributed by atoms with van der Waals surface area (Å²) < 4.78 is 21.9. The minimum atomic E-state index is -0.303. The van der Waals surface area contributed by atoms with Crippen molar-refractivity contribution >= 4 is 11.2 Å². The van der Waals surface area contributed by atoms with Crippen molar-refractivity contribution in [3.63, 3.8) is 0 Å². The molecule has 7 nitrogen and oxygen atoms in total. The van der Waals surface area contributed by atoms with E-state index in [0.29, 0.717) is 41.5 Å². The average molecular weight is 435 g/mol. The van der Waals surface area contributed by atoms with Crippen LogP contribution >= 0.6 is 0 Å². The third-order valence-electron chi connectivity index (χ3n) is 5.56. The van der Waals surface area contributed by atoms with Gasteiger partial charge in [-0.15, -0.1) is 0 Å². The Morgan fingerprint density at radius 3 is 2.38 bits per heavy atom. The van der Waals surface area contributed by atoms with Crippen LogP contribution in [0.15, 0.2) is 36.7 Å². The molecule has 0 saturated carbocycles. The molecule has 8 heteroatoms. The first-order valence-electron chi connectivity index (χ1n) is 10.7. The van der Waals surface area contributed by atoms with E-state index in [1.807, 2.05) is 46.1 Å². The number of ether oxygens (including phenoxy) is 1. The zero-order chi connectivity index (χ0) is 22.7. The Balaban J connectivity index is 0.000000354. The third-order valence-corrected chi connectivity index (χ3v) is 5.56. The highest BCUT2D eigenvalue weighted by atomic mass is 19.1. The number of rotatable bonds is 2. The van der Waals surface area contributed by atoms with E-state index in [9.17, 15) is 4.39 Å². The molecule has 1 aliphatic heterocycles. The summed E-state index contributed by atoms with van der Waals surface area (Å²) >= 11 is 0. The highest BCUT2D eigenvalue weighted by Gasteiger charge is 2.23. The lowest BCUT2D eigenvalue weighted by Gasteiger charge is -2.21. The van der Waals surface area contributed by atoms with Gasteiger partial charge in [0.2, 0.25) is 0 Å². The summed E-state index contributed by atoms with van der Waals surface area (Å²) in [6.45, 7) is 7.05. The number of aromatic nitrogens is 6. The Hall–Kier alpha value is -3.26. The van der Waals surface area contributed by atoms with E-state index >= 15 is 0 Å². The molecule has 0 unspecified atom stereocenters. The van der Waals surface area contributed by atoms with E-state index in [1.54, 1.807) is 16.9 Å². The maximum absolute atomic E-state index is 14.7. The third kappa shape index (κ3) is 4.80. The van der Waals surface area contributed by atoms with E-state index in [0.717, 1.165) is 29.8 Å². The molecule has 0 atom stereocenters. The predicted molar refractivity (Wildman–Crippen MR) is 121 cm³/mol. The lowest BCUT2D eigenvalue weighted by molar-refractivity contribution is 0.0836. The summed E-state index contributed by atoms with van der Waals surface area (Å²) in [6, 6.07) is 7.05. The summed E-state index contributed by atoms with van der Waals surface area (Å²) in [4.78, 5) is 18.6. The Kier molecular flexibility index (Phi) is 6.50. The van der Waals surface area contributed by atoms with E-state index in [-0.39, 0.29) is 11.7 Å². The van der Waals surface area contributed by atoms with Crippen LogP contribution in [-0.4, -0.2) is 42.9 Å². The summed E-state index contributed by atoms with van der Waals surface area (Å²) in [6.07, 6.45) is 5.36. The fourth-order valence-corrected chi connectivity index (χ4v) is 3.61. The maximum Gasteiger partial charge on any atom is 0.182 e. The molecule has 0 radical (unpaired) electrons. The van der Waals surface area contributed by atoms with Crippen molar-refractivity contribution in [2.75, 3.05) is 13.2 Å². The molecule has 3 aromatic heterocycles. The largest absolute Gasteiger partial charge is 0.381 e. The second-order valence-corrected chi connectivity index (χ2v) is 8.05. The predicted octanol–water partition coefficient (Wildman–Crippen LogP) is 4.47. The summed E-state index contributed by atoms with van der Waals surface area (Å²) in [7, 11) is 1.89. The number of aryl methyl sites for hydroxylation is 4. The van der Waals surface area contributed by atoms with Gasteiger partial charge in [-0.2, -0.15) is 5.10 Å². The van der Waals surface area contributed by atoms with Crippen molar-refractivity contribution in [1.82, 2.24) is 29.7 Å². The molecule has 1 aliphatic rings. The zero-order valence-electron chi connectivity index (χ0n) is 18.8. The van der Waals surface area contributed by atoms with E-state index in [4.69, 9.17) is 9.72 Å². The summed E-state index contributed by atoms with van der Waals surface area (Å²) in [5.41, 5.74) is 4.52. The number of nitrogens with zero attached hydrogens (tertiary/aromatic N) is 6. The first-order valence-corrected chi connectivity index (χ1v) is 10.7. The SMILES string of the molecule is Cc1ccc(-c2nc(C3CCOCC3)nc3nc(C)c(C)nc23)c(F)c1.Cn1cccn1. The standard InChI is InChI=1S/C20H21FN4O.C4H6N2/c1-11-4-5-15(16(21)10-11)17-18-20(23-13(3)12(2)22-18)25-19(24-17)14-6-8-26-9-7-14;1-6-4-2-3-5-6/h4-5,10,14H,6-9H2,1-3H3;2-4H,1H3. The lowest BCUT2D eigenvalue weighted by atomic mass is 9.99. The molecule has 0 N–H and O–H groups in total. The van der Waals surface area contributed by atoms with Crippen molar-refractivity contribution in [2.24, 2.45) is 7.05 Å². The van der Waals surface area contributed by atoms with Gasteiger partial charge in [0.15, 0.2) is 5.65 Å². The van der Waals surface area contributed by atoms with Gasteiger partial charge < -0.3 is 4.74 Å². The number of hydrogen-bond acceptors (Lipinski definition) is 6. The maximum atomic E-state index is 14.7. The van der Waals surface area contributed by atoms with Gasteiger partial charge in [-0.05, 0) is 57.4 Å². The first kappa shape index (κ1) is 22.0. The highest BCUT2D eigenvalue weighted by molar-refractivity contribution is 5.87. The van der Waals surface area contributed by atoms with Crippen LogP contribution in [-0.2, 0) is 11.8 Å². The molecule has 4 heterocycles. The van der Waals surface area contributed by atoms with Gasteiger partial charge in [-0.1, -0.05) is 6.07 Å². The molecule has 4 aromatic rings. The smallest absolute Gasteiger partial charge is 0.182 e. The van der Waals surface area contributed by atoms with E-state index < -0.39 is 0 Å². The molecular formula is C24H27FN6O. The Labute approximate surface area is 186 Å². The van der Waals surface area contributed by atoms with Crippen molar-refractivity contribution in [3.05, 3.63) is 65.3 Å². The van der Waals surface area contributed by atoms with Crippen molar-refractivity contribution in [3.8, 4) is 11.3 Å². The average Bonchev–Trinajstić information content (AvgIpc) is 3.26. The monoisotopic (exact) mass is 434 g/mol. The van der Waals surface area contributed by atoms with Gasteiger partial charge in [0.05, 0.1) is 11.4 Å². The van der Waals surface area contributed by atoms with Gasteiger partial charge in [-0.3, -0.25) is 4.68 Å². The van der Waals surface area contributed by atoms with Gasteiger partial charge >= 0.3 is 0 Å². The van der Waals surface area contributed by atoms with Crippen LogP contribution < -0.4 is 0 Å². The number of benzene rings is 1. The van der Waals surface area contributed by atoms with E-state index in [1.165, 1.54) is 6.07 Å². The lowest BCUT2D eigenvalue weighted by Crippen LogP contribution is -2.17. The normalized spacial score (nSPS) is 14.3. The molecule has 32 heavy (non-hydrogen) atoms. The second-order valence-electron chi connectivity index (χ2n) is 8.05. The molecule has 5 rings (SSSR count). The van der Waals surface area contributed by atoms with Crippen molar-refractivity contribution in [2.45, 2.75) is 39.5 Å². The van der Waals surface area contributed by atoms with Crippen LogP contribution in [0.2, 0.25) is 0 Å². The van der Waals surface area contributed by atoms with Crippen molar-refractivity contribution < 1.29 is 9.13 Å². The van der Waals surface area contributed by atoms with Crippen molar-refractivity contribution in [1.29, 1.82) is 0 Å². The van der Waals surface area contributed by atoms with Gasteiger partial charge in [-0.25, -0.2) is 24.3 Å². The minimum Gasteiger partial charge on any atom is -0.381 e. The molecule has 166 valence electrons. The number of fused-ring (bicyclic) bond motifs is 1. The van der Waals surface area contributed by atoms with Crippen LogP contribution in [0, 0.1) is 26.6 Å². The van der Waals surface area contributed by atoms with Gasteiger partial charge in [0, 0.05) is 44.1 Å². The van der Waals surface area contributed by atoms with Gasteiger partial charge in [0.25, 0.3) is 0 Å². The van der Waals surface area contributed by atoms with Crippen LogP contribution in [0.4, 0.5) is 4.39 Å². The molecule has 1 saturated heterocycles. The fraction of sp³-hybridized carbons (Fsp3) is 0.375. The van der Waals surface area contributed by atoms with Gasteiger partial charge in [0.1, 0.15) is 22.9 Å². The minimum absolute atomic E-state index is 0.198. The van der Waals surface area contributed by atoms with Crippen LogP contribution in [0.1, 0.15) is 41.5 Å². The molecule has 0 spiro atoms. The Bertz CT molecular complexity index is 1220. The quantitative estimate of drug-likeness (QED) is 0.463. The number of halogens is 1. The molecule has 0 amide bonds.